The number of anilines is 1. The van der Waals surface area contributed by atoms with Crippen molar-refractivity contribution in [2.24, 2.45) is 0 Å². The minimum atomic E-state index is 0.811. The molecule has 2 rings (SSSR count). The fourth-order valence-electron chi connectivity index (χ4n) is 1.52. The Kier molecular flexibility index (Phi) is 2.98. The lowest BCUT2D eigenvalue weighted by Crippen LogP contribution is -2.33. The van der Waals surface area contributed by atoms with Crippen LogP contribution in [-0.2, 0) is 13.0 Å². The Balaban J connectivity index is 1.96. The number of aromatic nitrogens is 1. The van der Waals surface area contributed by atoms with Crippen LogP contribution in [0.4, 0.5) is 5.69 Å². The normalized spacial score (nSPS) is 10.1. The molecule has 2 heteroatoms. The molecule has 1 aromatic heterocycles. The van der Waals surface area contributed by atoms with Crippen LogP contribution in [0.5, 0.6) is 0 Å². The first kappa shape index (κ1) is 9.71. The summed E-state index contributed by atoms with van der Waals surface area (Å²) in [5.74, 6) is 0. The molecule has 0 aliphatic heterocycles. The Hall–Kier alpha value is -1.83. The molecule has 0 aliphatic carbocycles. The molecule has 1 heterocycles. The molecule has 2 nitrogen and oxygen atoms in total. The average molecular weight is 199 g/mol. The molecule has 0 bridgehead atoms. The summed E-state index contributed by atoms with van der Waals surface area (Å²) in [5.41, 5.74) is 7.79. The van der Waals surface area contributed by atoms with E-state index in [0.29, 0.717) is 0 Å². The minimum absolute atomic E-state index is 0.811. The highest BCUT2D eigenvalue weighted by molar-refractivity contribution is 5.32. The summed E-state index contributed by atoms with van der Waals surface area (Å²) in [6, 6.07) is 14.3. The van der Waals surface area contributed by atoms with Crippen LogP contribution >= 0.6 is 0 Å². The molecule has 0 saturated heterocycles. The van der Waals surface area contributed by atoms with Gasteiger partial charge in [-0.25, -0.2) is 4.57 Å². The second-order valence-electron chi connectivity index (χ2n) is 3.60. The molecule has 0 spiro atoms. The number of nitrogens with two attached hydrogens (primary N) is 1. The van der Waals surface area contributed by atoms with E-state index in [-0.39, 0.29) is 0 Å². The lowest BCUT2D eigenvalue weighted by molar-refractivity contribution is -0.696. The van der Waals surface area contributed by atoms with Crippen molar-refractivity contribution in [1.82, 2.24) is 0 Å². The topological polar surface area (TPSA) is 29.9 Å². The van der Waals surface area contributed by atoms with Crippen molar-refractivity contribution in [3.05, 3.63) is 60.4 Å². The van der Waals surface area contributed by atoms with Crippen LogP contribution in [-0.4, -0.2) is 0 Å². The third kappa shape index (κ3) is 2.81. The van der Waals surface area contributed by atoms with Gasteiger partial charge in [0.1, 0.15) is 0 Å². The highest BCUT2D eigenvalue weighted by atomic mass is 14.9. The first-order chi connectivity index (χ1) is 7.34. The summed E-state index contributed by atoms with van der Waals surface area (Å²) in [6.07, 6.45) is 5.08. The summed E-state index contributed by atoms with van der Waals surface area (Å²) in [6.45, 7) is 0.990. The molecule has 0 fully saturated rings. The Morgan fingerprint density at radius 3 is 2.27 bits per heavy atom. The molecule has 0 aliphatic rings. The maximum Gasteiger partial charge on any atom is 0.170 e. The number of hydrogen-bond donors (Lipinski definition) is 1. The molecular weight excluding hydrogens is 184 g/mol. The molecule has 0 amide bonds. The van der Waals surface area contributed by atoms with Gasteiger partial charge in [-0.1, -0.05) is 30.3 Å². The van der Waals surface area contributed by atoms with E-state index in [0.717, 1.165) is 18.7 Å². The van der Waals surface area contributed by atoms with Crippen molar-refractivity contribution < 1.29 is 4.57 Å². The predicted octanol–water partition coefficient (Wildman–Crippen LogP) is 1.80. The number of pyridine rings is 1. The SMILES string of the molecule is Nc1cc[n+](CCc2ccccc2)cc1. The Labute approximate surface area is 90.0 Å². The largest absolute Gasteiger partial charge is 0.398 e. The molecule has 2 N–H and O–H groups in total. The van der Waals surface area contributed by atoms with Crippen molar-refractivity contribution in [2.75, 3.05) is 5.73 Å². The van der Waals surface area contributed by atoms with Crippen LogP contribution in [0.1, 0.15) is 5.56 Å². The van der Waals surface area contributed by atoms with E-state index in [9.17, 15) is 0 Å². The lowest BCUT2D eigenvalue weighted by atomic mass is 10.1. The summed E-state index contributed by atoms with van der Waals surface area (Å²) >= 11 is 0. The van der Waals surface area contributed by atoms with Crippen molar-refractivity contribution in [1.29, 1.82) is 0 Å². The molecule has 0 saturated carbocycles. The molecule has 0 atom stereocenters. The van der Waals surface area contributed by atoms with E-state index in [4.69, 9.17) is 5.73 Å². The fourth-order valence-corrected chi connectivity index (χ4v) is 1.52. The zero-order valence-corrected chi connectivity index (χ0v) is 8.63. The number of nitrogens with zero attached hydrogens (tertiary/aromatic N) is 1. The van der Waals surface area contributed by atoms with Crippen molar-refractivity contribution >= 4 is 5.69 Å². The third-order valence-corrected chi connectivity index (χ3v) is 2.42. The Morgan fingerprint density at radius 2 is 1.60 bits per heavy atom. The smallest absolute Gasteiger partial charge is 0.170 e. The molecule has 0 unspecified atom stereocenters. The Bertz CT molecular complexity index is 406. The van der Waals surface area contributed by atoms with Crippen LogP contribution in [0.3, 0.4) is 0 Å². The summed E-state index contributed by atoms with van der Waals surface area (Å²) in [5, 5.41) is 0. The van der Waals surface area contributed by atoms with Gasteiger partial charge in [0.2, 0.25) is 0 Å². The fraction of sp³-hybridized carbons (Fsp3) is 0.154. The van der Waals surface area contributed by atoms with Gasteiger partial charge in [-0.3, -0.25) is 0 Å². The zero-order chi connectivity index (χ0) is 10.5. The van der Waals surface area contributed by atoms with Gasteiger partial charge in [-0.2, -0.15) is 0 Å². The summed E-state index contributed by atoms with van der Waals surface area (Å²) in [4.78, 5) is 0. The lowest BCUT2D eigenvalue weighted by Gasteiger charge is -1.98. The van der Waals surface area contributed by atoms with Crippen LogP contribution in [0.2, 0.25) is 0 Å². The van der Waals surface area contributed by atoms with Crippen LogP contribution in [0, 0.1) is 0 Å². The highest BCUT2D eigenvalue weighted by Gasteiger charge is 1.99. The quantitative estimate of drug-likeness (QED) is 0.750. The Morgan fingerprint density at radius 1 is 0.933 bits per heavy atom. The van der Waals surface area contributed by atoms with Gasteiger partial charge >= 0.3 is 0 Å². The maximum atomic E-state index is 5.62. The van der Waals surface area contributed by atoms with Crippen LogP contribution < -0.4 is 10.3 Å². The van der Waals surface area contributed by atoms with Crippen LogP contribution in [0.15, 0.2) is 54.9 Å². The molecule has 0 radical (unpaired) electrons. The first-order valence-electron chi connectivity index (χ1n) is 5.13. The zero-order valence-electron chi connectivity index (χ0n) is 8.63. The molecule has 76 valence electrons. The third-order valence-electron chi connectivity index (χ3n) is 2.42. The van der Waals surface area contributed by atoms with Crippen molar-refractivity contribution in [3.8, 4) is 0 Å². The van der Waals surface area contributed by atoms with E-state index in [1.807, 2.05) is 30.6 Å². The summed E-state index contributed by atoms with van der Waals surface area (Å²) in [7, 11) is 0. The number of aryl methyl sites for hydroxylation is 2. The van der Waals surface area contributed by atoms with Crippen molar-refractivity contribution in [2.45, 2.75) is 13.0 Å². The van der Waals surface area contributed by atoms with Crippen molar-refractivity contribution in [3.63, 3.8) is 0 Å². The van der Waals surface area contributed by atoms with E-state index in [1.165, 1.54) is 5.56 Å². The van der Waals surface area contributed by atoms with Gasteiger partial charge in [0.15, 0.2) is 18.9 Å². The van der Waals surface area contributed by atoms with Gasteiger partial charge in [-0.05, 0) is 5.56 Å². The predicted molar refractivity (Wildman–Crippen MR) is 61.2 cm³/mol. The number of nitrogen functional groups attached to an aromatic ring is 1. The molecule has 1 aromatic carbocycles. The minimum Gasteiger partial charge on any atom is -0.398 e. The highest BCUT2D eigenvalue weighted by Crippen LogP contribution is 1.99. The van der Waals surface area contributed by atoms with Gasteiger partial charge in [0.05, 0.1) is 0 Å². The standard InChI is InChI=1S/C13H14N2/c14-13-7-10-15(11-8-13)9-6-12-4-2-1-3-5-12/h1-5,7-8,10-11,14H,6,9H2/p+1. The monoisotopic (exact) mass is 199 g/mol. The van der Waals surface area contributed by atoms with E-state index in [2.05, 4.69) is 28.8 Å². The van der Waals surface area contributed by atoms with E-state index < -0.39 is 0 Å². The van der Waals surface area contributed by atoms with Gasteiger partial charge in [-0.15, -0.1) is 0 Å². The van der Waals surface area contributed by atoms with Gasteiger partial charge in [0, 0.05) is 24.2 Å². The number of rotatable bonds is 3. The molecular formula is C13H15N2+. The second kappa shape index (κ2) is 4.60. The summed E-state index contributed by atoms with van der Waals surface area (Å²) < 4.78 is 2.14. The van der Waals surface area contributed by atoms with Gasteiger partial charge < -0.3 is 5.73 Å². The second-order valence-corrected chi connectivity index (χ2v) is 3.60. The van der Waals surface area contributed by atoms with E-state index in [1.54, 1.807) is 0 Å². The number of benzene rings is 1. The number of hydrogen-bond acceptors (Lipinski definition) is 1. The maximum absolute atomic E-state index is 5.62. The van der Waals surface area contributed by atoms with Gasteiger partial charge in [0.25, 0.3) is 0 Å². The first-order valence-corrected chi connectivity index (χ1v) is 5.13. The molecule has 15 heavy (non-hydrogen) atoms. The average Bonchev–Trinajstić information content (AvgIpc) is 2.30. The molecule has 2 aromatic rings. The van der Waals surface area contributed by atoms with Crippen LogP contribution in [0.25, 0.3) is 0 Å². The van der Waals surface area contributed by atoms with E-state index >= 15 is 0 Å².